The van der Waals surface area contributed by atoms with Crippen LogP contribution in [-0.4, -0.2) is 21.9 Å². The summed E-state index contributed by atoms with van der Waals surface area (Å²) in [5.41, 5.74) is 11.1. The zero-order valence-corrected chi connectivity index (χ0v) is 16.4. The number of para-hydroxylation sites is 1. The Morgan fingerprint density at radius 3 is 2.57 bits per heavy atom. The van der Waals surface area contributed by atoms with Crippen LogP contribution in [0.5, 0.6) is 5.88 Å². The van der Waals surface area contributed by atoms with Gasteiger partial charge in [0.2, 0.25) is 11.0 Å². The van der Waals surface area contributed by atoms with Gasteiger partial charge in [0, 0.05) is 18.2 Å². The van der Waals surface area contributed by atoms with Crippen molar-refractivity contribution in [3.63, 3.8) is 0 Å². The Bertz CT molecular complexity index is 1060. The Morgan fingerprint density at radius 2 is 1.82 bits per heavy atom. The molecule has 0 aliphatic heterocycles. The lowest BCUT2D eigenvalue weighted by Crippen LogP contribution is -2.25. The molecule has 3 N–H and O–H groups in total. The van der Waals surface area contributed by atoms with Crippen molar-refractivity contribution in [3.05, 3.63) is 65.7 Å². The first kappa shape index (κ1) is 18.2. The minimum Gasteiger partial charge on any atom is -0.492 e. The van der Waals surface area contributed by atoms with Crippen molar-refractivity contribution >= 4 is 28.7 Å². The van der Waals surface area contributed by atoms with Crippen molar-refractivity contribution < 1.29 is 5.11 Å². The van der Waals surface area contributed by atoms with Crippen LogP contribution >= 0.6 is 12.2 Å². The zero-order chi connectivity index (χ0) is 19.7. The summed E-state index contributed by atoms with van der Waals surface area (Å²) in [6.07, 6.45) is 2.70. The maximum absolute atomic E-state index is 11.1. The van der Waals surface area contributed by atoms with E-state index in [0.717, 1.165) is 41.8 Å². The summed E-state index contributed by atoms with van der Waals surface area (Å²) in [4.78, 5) is 0. The number of nitrogens with two attached hydrogens (primary N) is 1. The number of rotatable bonds is 3. The fourth-order valence-corrected chi connectivity index (χ4v) is 3.82. The van der Waals surface area contributed by atoms with Gasteiger partial charge in [0.15, 0.2) is 5.69 Å². The number of aromatic hydroxyl groups is 1. The quantitative estimate of drug-likeness (QED) is 0.506. The molecule has 3 aromatic rings. The predicted molar refractivity (Wildman–Crippen MR) is 115 cm³/mol. The van der Waals surface area contributed by atoms with Gasteiger partial charge in [-0.15, -0.1) is 10.2 Å². The molecule has 0 saturated heterocycles. The number of hydrogen-bond donors (Lipinski definition) is 2. The Morgan fingerprint density at radius 1 is 1.11 bits per heavy atom. The first-order chi connectivity index (χ1) is 13.6. The topological polar surface area (TPSA) is 79.1 Å². The molecule has 4 rings (SSSR count). The van der Waals surface area contributed by atoms with Crippen LogP contribution < -0.4 is 10.7 Å². The molecule has 0 radical (unpaired) electrons. The number of benzene rings is 2. The van der Waals surface area contributed by atoms with Gasteiger partial charge >= 0.3 is 0 Å². The number of anilines is 1. The van der Waals surface area contributed by atoms with E-state index in [1.54, 1.807) is 4.68 Å². The highest BCUT2D eigenvalue weighted by atomic mass is 32.1. The first-order valence-electron chi connectivity index (χ1n) is 9.13. The van der Waals surface area contributed by atoms with Crippen molar-refractivity contribution in [2.45, 2.75) is 19.3 Å². The van der Waals surface area contributed by atoms with E-state index in [-0.39, 0.29) is 11.0 Å². The second-order valence-corrected chi connectivity index (χ2v) is 7.14. The predicted octanol–water partition coefficient (Wildman–Crippen LogP) is 4.58. The van der Waals surface area contributed by atoms with E-state index in [0.29, 0.717) is 5.69 Å². The smallest absolute Gasteiger partial charge is 0.239 e. The molecule has 1 aliphatic carbocycles. The van der Waals surface area contributed by atoms with Crippen molar-refractivity contribution in [3.8, 4) is 17.1 Å². The number of hydrogen-bond acceptors (Lipinski definition) is 4. The zero-order valence-electron chi connectivity index (χ0n) is 15.5. The van der Waals surface area contributed by atoms with Gasteiger partial charge < -0.3 is 10.8 Å². The van der Waals surface area contributed by atoms with Gasteiger partial charge in [-0.3, -0.25) is 5.01 Å². The highest BCUT2D eigenvalue weighted by Crippen LogP contribution is 2.46. The Kier molecular flexibility index (Phi) is 4.83. The molecule has 7 heteroatoms. The standard InChI is InChI=1S/C21H21N5OS/c1-25(15-10-3-2-4-11-15)26-19-16-12-6-5-8-14(16)9-7-13-17(19)18(20(26)27)23-24-21(22)28/h2-6,8,10-12,27H,7,9,13H2,1H3,(H2,22,28). The van der Waals surface area contributed by atoms with Crippen LogP contribution in [0.4, 0.5) is 11.4 Å². The van der Waals surface area contributed by atoms with E-state index in [1.807, 2.05) is 54.5 Å². The van der Waals surface area contributed by atoms with Crippen LogP contribution in [0.2, 0.25) is 0 Å². The molecule has 2 aromatic carbocycles. The Balaban J connectivity index is 2.00. The highest BCUT2D eigenvalue weighted by Gasteiger charge is 2.29. The molecule has 0 bridgehead atoms. The van der Waals surface area contributed by atoms with Gasteiger partial charge in [-0.2, -0.15) is 0 Å². The van der Waals surface area contributed by atoms with E-state index in [2.05, 4.69) is 22.4 Å². The molecule has 1 aliphatic rings. The summed E-state index contributed by atoms with van der Waals surface area (Å²) < 4.78 is 1.79. The maximum Gasteiger partial charge on any atom is 0.239 e. The fourth-order valence-electron chi connectivity index (χ4n) is 3.78. The molecule has 142 valence electrons. The first-order valence-corrected chi connectivity index (χ1v) is 9.54. The molecule has 0 atom stereocenters. The van der Waals surface area contributed by atoms with Gasteiger partial charge in [-0.1, -0.05) is 42.5 Å². The fraction of sp³-hybridized carbons (Fsp3) is 0.190. The van der Waals surface area contributed by atoms with Crippen molar-refractivity contribution in [1.82, 2.24) is 4.68 Å². The van der Waals surface area contributed by atoms with Crippen LogP contribution in [0.3, 0.4) is 0 Å². The van der Waals surface area contributed by atoms with Gasteiger partial charge in [0.25, 0.3) is 0 Å². The molecule has 6 nitrogen and oxygen atoms in total. The van der Waals surface area contributed by atoms with Gasteiger partial charge in [0.1, 0.15) is 0 Å². The molecular formula is C21H21N5OS. The van der Waals surface area contributed by atoms with E-state index < -0.39 is 0 Å². The van der Waals surface area contributed by atoms with Crippen molar-refractivity contribution in [2.24, 2.45) is 16.0 Å². The lowest BCUT2D eigenvalue weighted by atomic mass is 10.0. The van der Waals surface area contributed by atoms with E-state index >= 15 is 0 Å². The molecule has 0 saturated carbocycles. The van der Waals surface area contributed by atoms with Gasteiger partial charge in [0.05, 0.1) is 11.4 Å². The minimum absolute atomic E-state index is 0.0213. The van der Waals surface area contributed by atoms with Crippen LogP contribution in [0.25, 0.3) is 11.3 Å². The van der Waals surface area contributed by atoms with Crippen LogP contribution in [0.15, 0.2) is 64.8 Å². The Labute approximate surface area is 168 Å². The second-order valence-electron chi connectivity index (χ2n) is 6.72. The normalized spacial score (nSPS) is 13.0. The van der Waals surface area contributed by atoms with E-state index in [9.17, 15) is 5.11 Å². The molecular weight excluding hydrogens is 370 g/mol. The lowest BCUT2D eigenvalue weighted by molar-refractivity contribution is 0.426. The third kappa shape index (κ3) is 3.14. The number of aryl methyl sites for hydroxylation is 1. The summed E-state index contributed by atoms with van der Waals surface area (Å²) in [6.45, 7) is 0. The molecule has 0 spiro atoms. The summed E-state index contributed by atoms with van der Waals surface area (Å²) in [6, 6.07) is 18.2. The van der Waals surface area contributed by atoms with E-state index in [1.165, 1.54) is 5.56 Å². The summed E-state index contributed by atoms with van der Waals surface area (Å²) in [5.74, 6) is 0.0213. The van der Waals surface area contributed by atoms with Crippen LogP contribution in [0, 0.1) is 0 Å². The SMILES string of the molecule is CN(c1ccccc1)n1c(O)c(N=NC(N)=S)c2c1-c1ccccc1CCC2. The third-order valence-corrected chi connectivity index (χ3v) is 5.10. The molecule has 1 heterocycles. The molecule has 1 aromatic heterocycles. The Hall–Kier alpha value is -3.19. The summed E-state index contributed by atoms with van der Waals surface area (Å²) in [5, 5.41) is 21.0. The summed E-state index contributed by atoms with van der Waals surface area (Å²) >= 11 is 4.84. The number of azo groups is 1. The third-order valence-electron chi connectivity index (χ3n) is 5.02. The number of thiocarbonyl (C=S) groups is 1. The number of aromatic nitrogens is 1. The minimum atomic E-state index is -0.0636. The number of fused-ring (bicyclic) bond motifs is 3. The highest BCUT2D eigenvalue weighted by molar-refractivity contribution is 7.80. The largest absolute Gasteiger partial charge is 0.492 e. The molecule has 0 fully saturated rings. The molecule has 0 unspecified atom stereocenters. The van der Waals surface area contributed by atoms with Crippen molar-refractivity contribution in [2.75, 3.05) is 12.1 Å². The van der Waals surface area contributed by atoms with Crippen molar-refractivity contribution in [1.29, 1.82) is 0 Å². The monoisotopic (exact) mass is 391 g/mol. The van der Waals surface area contributed by atoms with Gasteiger partial charge in [-0.05, 0) is 49.2 Å². The molecule has 0 amide bonds. The van der Waals surface area contributed by atoms with Crippen LogP contribution in [-0.2, 0) is 12.8 Å². The van der Waals surface area contributed by atoms with Gasteiger partial charge in [-0.25, -0.2) is 4.68 Å². The summed E-state index contributed by atoms with van der Waals surface area (Å²) in [7, 11) is 1.91. The number of nitrogens with zero attached hydrogens (tertiary/aromatic N) is 4. The molecule has 28 heavy (non-hydrogen) atoms. The maximum atomic E-state index is 11.1. The average Bonchev–Trinajstić information content (AvgIpc) is 2.85. The average molecular weight is 392 g/mol. The lowest BCUT2D eigenvalue weighted by Gasteiger charge is -2.25. The van der Waals surface area contributed by atoms with Crippen LogP contribution in [0.1, 0.15) is 17.5 Å². The van der Waals surface area contributed by atoms with E-state index in [4.69, 9.17) is 18.0 Å². The second kappa shape index (κ2) is 7.44.